The van der Waals surface area contributed by atoms with Gasteiger partial charge < -0.3 is 21.3 Å². The molecule has 0 aliphatic carbocycles. The normalized spacial score (nSPS) is 18.3. The van der Waals surface area contributed by atoms with Gasteiger partial charge in [-0.25, -0.2) is 0 Å². The lowest BCUT2D eigenvalue weighted by Gasteiger charge is -2.28. The van der Waals surface area contributed by atoms with Gasteiger partial charge in [0.1, 0.15) is 12.1 Å². The number of likely N-dealkylation sites (tertiary alicyclic amines) is 1. The highest BCUT2D eigenvalue weighted by Gasteiger charge is 2.42. The molecule has 1 aromatic rings. The van der Waals surface area contributed by atoms with Gasteiger partial charge in [-0.3, -0.25) is 19.2 Å². The van der Waals surface area contributed by atoms with E-state index in [0.717, 1.165) is 16.7 Å². The Morgan fingerprint density at radius 2 is 1.69 bits per heavy atom. The van der Waals surface area contributed by atoms with Crippen LogP contribution in [0.4, 0.5) is 0 Å². The molecule has 0 aromatic heterocycles. The van der Waals surface area contributed by atoms with Crippen molar-refractivity contribution in [2.75, 3.05) is 6.54 Å². The SMILES string of the molecule is CC(C)=CC(=O)NC1CCN(C(=O)C=C(C)C)C1C(=O)NC(Cc1ccccc1)C(N)=O. The van der Waals surface area contributed by atoms with Gasteiger partial charge in [0.25, 0.3) is 0 Å². The quantitative estimate of drug-likeness (QED) is 0.526. The van der Waals surface area contributed by atoms with Crippen LogP contribution in [0.2, 0.25) is 0 Å². The van der Waals surface area contributed by atoms with E-state index in [1.165, 1.54) is 17.1 Å². The maximum atomic E-state index is 13.3. The number of nitrogens with one attached hydrogen (secondary N) is 2. The molecule has 32 heavy (non-hydrogen) atoms. The van der Waals surface area contributed by atoms with Crippen molar-refractivity contribution in [3.05, 3.63) is 59.2 Å². The molecular formula is C24H32N4O4. The van der Waals surface area contributed by atoms with Gasteiger partial charge in [0.15, 0.2) is 0 Å². The molecule has 2 rings (SSSR count). The highest BCUT2D eigenvalue weighted by Crippen LogP contribution is 2.20. The molecule has 1 aromatic carbocycles. The van der Waals surface area contributed by atoms with Crippen LogP contribution < -0.4 is 16.4 Å². The number of nitrogens with zero attached hydrogens (tertiary/aromatic N) is 1. The molecule has 1 fully saturated rings. The topological polar surface area (TPSA) is 122 Å². The molecule has 0 bridgehead atoms. The largest absolute Gasteiger partial charge is 0.368 e. The Morgan fingerprint density at radius 1 is 1.06 bits per heavy atom. The summed E-state index contributed by atoms with van der Waals surface area (Å²) in [5.74, 6) is -1.85. The minimum atomic E-state index is -0.953. The van der Waals surface area contributed by atoms with Crippen molar-refractivity contribution in [2.24, 2.45) is 5.73 Å². The molecule has 3 unspecified atom stereocenters. The van der Waals surface area contributed by atoms with Gasteiger partial charge >= 0.3 is 0 Å². The maximum absolute atomic E-state index is 13.3. The van der Waals surface area contributed by atoms with Gasteiger partial charge in [0.2, 0.25) is 23.6 Å². The molecule has 3 atom stereocenters. The molecule has 0 radical (unpaired) electrons. The van der Waals surface area contributed by atoms with E-state index in [4.69, 9.17) is 5.73 Å². The van der Waals surface area contributed by atoms with Crippen molar-refractivity contribution in [2.45, 2.75) is 58.7 Å². The summed E-state index contributed by atoms with van der Waals surface area (Å²) in [5.41, 5.74) is 7.99. The molecule has 8 heteroatoms. The van der Waals surface area contributed by atoms with Gasteiger partial charge in [-0.15, -0.1) is 0 Å². The van der Waals surface area contributed by atoms with Crippen molar-refractivity contribution in [1.29, 1.82) is 0 Å². The average Bonchev–Trinajstić information content (AvgIpc) is 3.10. The van der Waals surface area contributed by atoms with E-state index < -0.39 is 29.9 Å². The number of allylic oxidation sites excluding steroid dienone is 2. The lowest BCUT2D eigenvalue weighted by Crippen LogP contribution is -2.58. The summed E-state index contributed by atoms with van der Waals surface area (Å²) in [4.78, 5) is 51.8. The Labute approximate surface area is 188 Å². The highest BCUT2D eigenvalue weighted by atomic mass is 16.2. The zero-order chi connectivity index (χ0) is 23.8. The van der Waals surface area contributed by atoms with E-state index >= 15 is 0 Å². The van der Waals surface area contributed by atoms with Crippen LogP contribution in [0.15, 0.2) is 53.6 Å². The second-order valence-corrected chi connectivity index (χ2v) is 8.48. The number of carbonyl (C=O) groups is 4. The number of rotatable bonds is 8. The van der Waals surface area contributed by atoms with E-state index in [1.807, 2.05) is 30.3 Å². The van der Waals surface area contributed by atoms with Crippen molar-refractivity contribution in [1.82, 2.24) is 15.5 Å². The third-order valence-electron chi connectivity index (χ3n) is 5.05. The van der Waals surface area contributed by atoms with Crippen molar-refractivity contribution < 1.29 is 19.2 Å². The van der Waals surface area contributed by atoms with E-state index in [2.05, 4.69) is 10.6 Å². The summed E-state index contributed by atoms with van der Waals surface area (Å²) in [5, 5.41) is 5.52. The second-order valence-electron chi connectivity index (χ2n) is 8.48. The van der Waals surface area contributed by atoms with Crippen molar-refractivity contribution >= 4 is 23.6 Å². The second kappa shape index (κ2) is 11.3. The highest BCUT2D eigenvalue weighted by molar-refractivity contribution is 5.97. The van der Waals surface area contributed by atoms with Gasteiger partial charge in [-0.2, -0.15) is 0 Å². The number of nitrogens with two attached hydrogens (primary N) is 1. The Hall–Kier alpha value is -3.42. The average molecular weight is 441 g/mol. The van der Waals surface area contributed by atoms with E-state index in [0.29, 0.717) is 13.0 Å². The molecule has 4 N–H and O–H groups in total. The monoisotopic (exact) mass is 440 g/mol. The minimum absolute atomic E-state index is 0.228. The fourth-order valence-corrected chi connectivity index (χ4v) is 3.66. The molecule has 8 nitrogen and oxygen atoms in total. The molecule has 1 aliphatic rings. The zero-order valence-corrected chi connectivity index (χ0v) is 19.1. The Morgan fingerprint density at radius 3 is 2.25 bits per heavy atom. The number of hydrogen-bond donors (Lipinski definition) is 3. The van der Waals surface area contributed by atoms with E-state index in [1.54, 1.807) is 27.7 Å². The molecule has 4 amide bonds. The maximum Gasteiger partial charge on any atom is 0.247 e. The van der Waals surface area contributed by atoms with Crippen molar-refractivity contribution in [3.8, 4) is 0 Å². The summed E-state index contributed by atoms with van der Waals surface area (Å²) < 4.78 is 0. The number of amides is 4. The fourth-order valence-electron chi connectivity index (χ4n) is 3.66. The molecular weight excluding hydrogens is 408 g/mol. The number of hydrogen-bond acceptors (Lipinski definition) is 4. The van der Waals surface area contributed by atoms with Crippen LogP contribution in [0.25, 0.3) is 0 Å². The first-order valence-corrected chi connectivity index (χ1v) is 10.6. The molecule has 1 heterocycles. The van der Waals surface area contributed by atoms with Crippen LogP contribution in [0, 0.1) is 0 Å². The first kappa shape index (κ1) is 24.8. The third-order valence-corrected chi connectivity index (χ3v) is 5.05. The first-order valence-electron chi connectivity index (χ1n) is 10.6. The molecule has 172 valence electrons. The van der Waals surface area contributed by atoms with Crippen LogP contribution in [-0.4, -0.2) is 53.2 Å². The van der Waals surface area contributed by atoms with E-state index in [9.17, 15) is 19.2 Å². The predicted molar refractivity (Wildman–Crippen MR) is 122 cm³/mol. The number of benzene rings is 1. The molecule has 1 saturated heterocycles. The smallest absolute Gasteiger partial charge is 0.247 e. The predicted octanol–water partition coefficient (Wildman–Crippen LogP) is 1.22. The summed E-state index contributed by atoms with van der Waals surface area (Å²) in [7, 11) is 0. The lowest BCUT2D eigenvalue weighted by molar-refractivity contribution is -0.137. The number of primary amides is 1. The van der Waals surface area contributed by atoms with Gasteiger partial charge in [-0.1, -0.05) is 41.5 Å². The van der Waals surface area contributed by atoms with Crippen LogP contribution in [0.5, 0.6) is 0 Å². The standard InChI is InChI=1S/C24H32N4O4/c1-15(2)12-20(29)26-18-10-11-28(21(30)13-16(3)4)22(18)24(32)27-19(23(25)31)14-17-8-6-5-7-9-17/h5-9,12-13,18-19,22H,10-11,14H2,1-4H3,(H2,25,31)(H,26,29)(H,27,32). The molecule has 0 saturated carbocycles. The summed E-state index contributed by atoms with van der Waals surface area (Å²) in [6, 6.07) is 6.71. The van der Waals surface area contributed by atoms with Crippen LogP contribution in [0.1, 0.15) is 39.7 Å². The summed E-state index contributed by atoms with van der Waals surface area (Å²) in [6.07, 6.45) is 3.54. The van der Waals surface area contributed by atoms with Crippen LogP contribution in [0.3, 0.4) is 0 Å². The lowest BCUT2D eigenvalue weighted by atomic mass is 10.0. The fraction of sp³-hybridized carbons (Fsp3) is 0.417. The van der Waals surface area contributed by atoms with Crippen LogP contribution >= 0.6 is 0 Å². The number of carbonyl (C=O) groups excluding carboxylic acids is 4. The van der Waals surface area contributed by atoms with Gasteiger partial charge in [0, 0.05) is 25.1 Å². The van der Waals surface area contributed by atoms with Crippen molar-refractivity contribution in [3.63, 3.8) is 0 Å². The summed E-state index contributed by atoms with van der Waals surface area (Å²) >= 11 is 0. The van der Waals surface area contributed by atoms with E-state index in [-0.39, 0.29) is 18.2 Å². The van der Waals surface area contributed by atoms with Gasteiger partial charge in [-0.05, 0) is 39.7 Å². The summed E-state index contributed by atoms with van der Waals surface area (Å²) in [6.45, 7) is 7.48. The first-order chi connectivity index (χ1) is 15.1. The third kappa shape index (κ3) is 7.08. The Kier molecular flexibility index (Phi) is 8.75. The molecule has 1 aliphatic heterocycles. The minimum Gasteiger partial charge on any atom is -0.368 e. The molecule has 0 spiro atoms. The van der Waals surface area contributed by atoms with Gasteiger partial charge in [0.05, 0.1) is 6.04 Å². The van der Waals surface area contributed by atoms with Crippen LogP contribution in [-0.2, 0) is 25.6 Å². The Balaban J connectivity index is 2.26. The Bertz CT molecular complexity index is 915. The zero-order valence-electron chi connectivity index (χ0n) is 19.1.